The van der Waals surface area contributed by atoms with Crippen molar-refractivity contribution in [3.63, 3.8) is 0 Å². The molecular weight excluding hydrogens is 315 g/mol. The maximum Gasteiger partial charge on any atom is 0.124 e. The fraction of sp³-hybridized carbons (Fsp3) is 0.400. The molecule has 0 bridgehead atoms. The third-order valence-electron chi connectivity index (χ3n) is 4.68. The monoisotopic (exact) mass is 338 g/mol. The van der Waals surface area contributed by atoms with E-state index in [1.165, 1.54) is 17.7 Å². The molecule has 1 aromatic heterocycles. The molecule has 2 aromatic rings. The number of aryl methyl sites for hydroxylation is 1. The zero-order chi connectivity index (χ0) is 18.0. The molecule has 2 heterocycles. The molecule has 0 unspecified atom stereocenters. The van der Waals surface area contributed by atoms with Crippen molar-refractivity contribution in [2.75, 3.05) is 25.0 Å². The molecule has 0 aliphatic carbocycles. The second kappa shape index (κ2) is 7.20. The number of nitrogens with zero attached hydrogens (tertiary/aromatic N) is 3. The number of fused-ring (bicyclic) bond motifs is 1. The Bertz CT molecular complexity index is 845. The standard InChI is InChI=1S/C20H23FN4/c1-13(2)12-25-6-4-17(5-7-25)24-20-15(10-22)11-23-19-14(3)8-16(21)9-18(19)20/h8-9,11,17H,1,4-7,12H2,2-3H3,(H,23,24). The number of nitriles is 1. The average Bonchev–Trinajstić information content (AvgIpc) is 2.56. The Morgan fingerprint density at radius 2 is 2.16 bits per heavy atom. The lowest BCUT2D eigenvalue weighted by Gasteiger charge is -2.33. The summed E-state index contributed by atoms with van der Waals surface area (Å²) >= 11 is 0. The van der Waals surface area contributed by atoms with Crippen molar-refractivity contribution in [3.05, 3.63) is 47.4 Å². The molecule has 1 saturated heterocycles. The predicted octanol–water partition coefficient (Wildman–Crippen LogP) is 4.01. The number of aromatic nitrogens is 1. The molecule has 1 aliphatic rings. The number of benzene rings is 1. The van der Waals surface area contributed by atoms with Crippen LogP contribution in [-0.2, 0) is 0 Å². The lowest BCUT2D eigenvalue weighted by molar-refractivity contribution is 0.236. The highest BCUT2D eigenvalue weighted by Crippen LogP contribution is 2.30. The van der Waals surface area contributed by atoms with Crippen molar-refractivity contribution in [1.82, 2.24) is 9.88 Å². The van der Waals surface area contributed by atoms with Crippen LogP contribution in [0.5, 0.6) is 0 Å². The second-order valence-corrected chi connectivity index (χ2v) is 6.93. The maximum atomic E-state index is 13.9. The molecule has 3 rings (SSSR count). The molecule has 0 amide bonds. The summed E-state index contributed by atoms with van der Waals surface area (Å²) in [6, 6.07) is 5.39. The number of rotatable bonds is 4. The van der Waals surface area contributed by atoms with Crippen LogP contribution in [-0.4, -0.2) is 35.6 Å². The average molecular weight is 338 g/mol. The summed E-state index contributed by atoms with van der Waals surface area (Å²) in [5.41, 5.74) is 3.85. The topological polar surface area (TPSA) is 52.0 Å². The van der Waals surface area contributed by atoms with Gasteiger partial charge in [0, 0.05) is 37.3 Å². The van der Waals surface area contributed by atoms with Crippen LogP contribution in [0.1, 0.15) is 30.9 Å². The van der Waals surface area contributed by atoms with Gasteiger partial charge in [-0.3, -0.25) is 9.88 Å². The van der Waals surface area contributed by atoms with Gasteiger partial charge in [0.05, 0.1) is 16.8 Å². The first-order valence-corrected chi connectivity index (χ1v) is 8.60. The van der Waals surface area contributed by atoms with Crippen LogP contribution in [0.4, 0.5) is 10.1 Å². The molecular formula is C20H23FN4. The third kappa shape index (κ3) is 3.80. The van der Waals surface area contributed by atoms with Gasteiger partial charge >= 0.3 is 0 Å². The SMILES string of the molecule is C=C(C)CN1CCC(Nc2c(C#N)cnc3c(C)cc(F)cc23)CC1. The molecule has 5 heteroatoms. The van der Waals surface area contributed by atoms with E-state index in [0.29, 0.717) is 16.6 Å². The smallest absolute Gasteiger partial charge is 0.124 e. The fourth-order valence-electron chi connectivity index (χ4n) is 3.50. The Balaban J connectivity index is 1.86. The van der Waals surface area contributed by atoms with Gasteiger partial charge in [-0.2, -0.15) is 5.26 Å². The Hall–Kier alpha value is -2.45. The van der Waals surface area contributed by atoms with Crippen molar-refractivity contribution >= 4 is 16.6 Å². The lowest BCUT2D eigenvalue weighted by atomic mass is 10.0. The highest BCUT2D eigenvalue weighted by molar-refractivity contribution is 5.95. The number of piperidine rings is 1. The number of hydrogen-bond donors (Lipinski definition) is 1. The van der Waals surface area contributed by atoms with E-state index in [9.17, 15) is 9.65 Å². The summed E-state index contributed by atoms with van der Waals surface area (Å²) in [5, 5.41) is 13.6. The van der Waals surface area contributed by atoms with Crippen LogP contribution in [0.3, 0.4) is 0 Å². The number of hydrogen-bond acceptors (Lipinski definition) is 4. The van der Waals surface area contributed by atoms with E-state index in [-0.39, 0.29) is 11.9 Å². The van der Waals surface area contributed by atoms with E-state index < -0.39 is 0 Å². The largest absolute Gasteiger partial charge is 0.381 e. The normalized spacial score (nSPS) is 15.9. The zero-order valence-corrected chi connectivity index (χ0v) is 14.8. The Morgan fingerprint density at radius 3 is 2.80 bits per heavy atom. The van der Waals surface area contributed by atoms with Crippen LogP contribution in [0, 0.1) is 24.1 Å². The maximum absolute atomic E-state index is 13.9. The molecule has 1 aliphatic heterocycles. The van der Waals surface area contributed by atoms with Gasteiger partial charge in [0.1, 0.15) is 11.9 Å². The molecule has 1 N–H and O–H groups in total. The number of likely N-dealkylation sites (tertiary alicyclic amines) is 1. The van der Waals surface area contributed by atoms with E-state index in [0.717, 1.165) is 43.6 Å². The van der Waals surface area contributed by atoms with E-state index in [1.54, 1.807) is 6.20 Å². The van der Waals surface area contributed by atoms with Crippen LogP contribution in [0.25, 0.3) is 10.9 Å². The summed E-state index contributed by atoms with van der Waals surface area (Å²) in [7, 11) is 0. The highest BCUT2D eigenvalue weighted by atomic mass is 19.1. The van der Waals surface area contributed by atoms with Gasteiger partial charge in [0.25, 0.3) is 0 Å². The van der Waals surface area contributed by atoms with E-state index in [2.05, 4.69) is 27.8 Å². The van der Waals surface area contributed by atoms with Gasteiger partial charge in [-0.05, 0) is 44.4 Å². The first-order chi connectivity index (χ1) is 12.0. The quantitative estimate of drug-likeness (QED) is 0.856. The van der Waals surface area contributed by atoms with E-state index in [1.807, 2.05) is 13.8 Å². The van der Waals surface area contributed by atoms with Gasteiger partial charge in [-0.1, -0.05) is 12.2 Å². The minimum absolute atomic E-state index is 0.266. The van der Waals surface area contributed by atoms with Gasteiger partial charge in [-0.25, -0.2) is 4.39 Å². The van der Waals surface area contributed by atoms with Gasteiger partial charge in [0.2, 0.25) is 0 Å². The Morgan fingerprint density at radius 1 is 1.44 bits per heavy atom. The molecule has 4 nitrogen and oxygen atoms in total. The van der Waals surface area contributed by atoms with Crippen molar-refractivity contribution < 1.29 is 4.39 Å². The Labute approximate surface area is 148 Å². The minimum Gasteiger partial charge on any atom is -0.381 e. The molecule has 130 valence electrons. The summed E-state index contributed by atoms with van der Waals surface area (Å²) in [6.45, 7) is 10.8. The number of anilines is 1. The first kappa shape index (κ1) is 17.4. The predicted molar refractivity (Wildman–Crippen MR) is 99.1 cm³/mol. The highest BCUT2D eigenvalue weighted by Gasteiger charge is 2.21. The number of pyridine rings is 1. The van der Waals surface area contributed by atoms with Gasteiger partial charge in [0.15, 0.2) is 0 Å². The number of halogens is 1. The minimum atomic E-state index is -0.304. The number of nitrogens with one attached hydrogen (secondary N) is 1. The molecule has 0 saturated carbocycles. The van der Waals surface area contributed by atoms with Crippen LogP contribution in [0.15, 0.2) is 30.5 Å². The molecule has 0 atom stereocenters. The van der Waals surface area contributed by atoms with Crippen LogP contribution >= 0.6 is 0 Å². The second-order valence-electron chi connectivity index (χ2n) is 6.93. The van der Waals surface area contributed by atoms with Crippen molar-refractivity contribution in [1.29, 1.82) is 5.26 Å². The van der Waals surface area contributed by atoms with Crippen LogP contribution in [0.2, 0.25) is 0 Å². The molecule has 1 aromatic carbocycles. The van der Waals surface area contributed by atoms with Crippen LogP contribution < -0.4 is 5.32 Å². The molecule has 0 radical (unpaired) electrons. The van der Waals surface area contributed by atoms with Gasteiger partial charge < -0.3 is 5.32 Å². The molecule has 25 heavy (non-hydrogen) atoms. The lowest BCUT2D eigenvalue weighted by Crippen LogP contribution is -2.39. The summed E-state index contributed by atoms with van der Waals surface area (Å²) in [5.74, 6) is -0.304. The van der Waals surface area contributed by atoms with E-state index in [4.69, 9.17) is 0 Å². The van der Waals surface area contributed by atoms with Crippen molar-refractivity contribution in [3.8, 4) is 6.07 Å². The summed E-state index contributed by atoms with van der Waals surface area (Å²) in [4.78, 5) is 6.73. The first-order valence-electron chi connectivity index (χ1n) is 8.60. The van der Waals surface area contributed by atoms with Crippen molar-refractivity contribution in [2.45, 2.75) is 32.7 Å². The summed E-state index contributed by atoms with van der Waals surface area (Å²) in [6.07, 6.45) is 3.54. The van der Waals surface area contributed by atoms with Gasteiger partial charge in [-0.15, -0.1) is 0 Å². The third-order valence-corrected chi connectivity index (χ3v) is 4.68. The van der Waals surface area contributed by atoms with E-state index >= 15 is 0 Å². The zero-order valence-electron chi connectivity index (χ0n) is 14.8. The molecule has 1 fully saturated rings. The fourth-order valence-corrected chi connectivity index (χ4v) is 3.50. The van der Waals surface area contributed by atoms with Crippen molar-refractivity contribution in [2.24, 2.45) is 0 Å². The summed E-state index contributed by atoms with van der Waals surface area (Å²) < 4.78 is 13.9. The Kier molecular flexibility index (Phi) is 5.00. The molecule has 0 spiro atoms.